The molecule has 0 saturated carbocycles. The largest absolute Gasteiger partial charge is 0.490 e. The monoisotopic (exact) mass is 470 g/mol. The van der Waals surface area contributed by atoms with Gasteiger partial charge in [0, 0.05) is 19.0 Å². The highest BCUT2D eigenvalue weighted by Crippen LogP contribution is 2.34. The van der Waals surface area contributed by atoms with Gasteiger partial charge in [0.2, 0.25) is 5.91 Å². The van der Waals surface area contributed by atoms with Gasteiger partial charge in [0.1, 0.15) is 5.82 Å². The Balaban J connectivity index is 1.41. The molecule has 33 heavy (non-hydrogen) atoms. The lowest BCUT2D eigenvalue weighted by Gasteiger charge is -2.24. The van der Waals surface area contributed by atoms with Crippen molar-refractivity contribution in [1.29, 1.82) is 0 Å². The van der Waals surface area contributed by atoms with Crippen LogP contribution in [0, 0.1) is 11.7 Å². The number of hydrogen-bond acceptors (Lipinski definition) is 6. The summed E-state index contributed by atoms with van der Waals surface area (Å²) in [6, 6.07) is 11.8. The van der Waals surface area contributed by atoms with Gasteiger partial charge in [0.05, 0.1) is 25.0 Å². The van der Waals surface area contributed by atoms with Crippen molar-refractivity contribution in [3.05, 3.63) is 53.8 Å². The maximum absolute atomic E-state index is 13.2. The number of nitrogens with zero attached hydrogens (tertiary/aromatic N) is 3. The average Bonchev–Trinajstić information content (AvgIpc) is 3.01. The smallest absolute Gasteiger partial charge is 0.230 e. The molecule has 1 aromatic heterocycles. The number of amides is 1. The Bertz CT molecular complexity index is 1120. The fourth-order valence-corrected chi connectivity index (χ4v) is 4.37. The lowest BCUT2D eigenvalue weighted by Crippen LogP contribution is -2.33. The van der Waals surface area contributed by atoms with E-state index in [2.05, 4.69) is 29.4 Å². The molecule has 7 nitrogen and oxygen atoms in total. The van der Waals surface area contributed by atoms with Crippen LogP contribution in [-0.4, -0.2) is 39.6 Å². The Morgan fingerprint density at radius 2 is 1.85 bits per heavy atom. The summed E-state index contributed by atoms with van der Waals surface area (Å²) in [5.41, 5.74) is 1.74. The van der Waals surface area contributed by atoms with Crippen LogP contribution in [0.25, 0.3) is 11.4 Å². The third-order valence-corrected chi connectivity index (χ3v) is 6.40. The van der Waals surface area contributed by atoms with Gasteiger partial charge in [0.25, 0.3) is 0 Å². The van der Waals surface area contributed by atoms with E-state index in [-0.39, 0.29) is 29.4 Å². The Kier molecular flexibility index (Phi) is 7.17. The molecule has 0 bridgehead atoms. The zero-order valence-corrected chi connectivity index (χ0v) is 19.7. The van der Waals surface area contributed by atoms with Crippen molar-refractivity contribution in [3.8, 4) is 22.9 Å². The van der Waals surface area contributed by atoms with E-state index in [0.717, 1.165) is 23.3 Å². The lowest BCUT2D eigenvalue weighted by molar-refractivity contribution is -0.119. The van der Waals surface area contributed by atoms with E-state index in [4.69, 9.17) is 9.47 Å². The number of thioether (sulfide) groups is 1. The highest BCUT2D eigenvalue weighted by atomic mass is 32.2. The number of fused-ring (bicyclic) bond motifs is 1. The minimum absolute atomic E-state index is 0.0999. The Labute approximate surface area is 196 Å². The number of carbonyl (C=O) groups excluding carboxylic acids is 1. The molecule has 1 aliphatic rings. The van der Waals surface area contributed by atoms with Crippen LogP contribution in [0.2, 0.25) is 0 Å². The second kappa shape index (κ2) is 10.2. The van der Waals surface area contributed by atoms with E-state index in [0.29, 0.717) is 29.9 Å². The normalized spacial score (nSPS) is 14.1. The number of nitrogens with one attached hydrogen (secondary N) is 1. The predicted molar refractivity (Wildman–Crippen MR) is 125 cm³/mol. The SMILES string of the molecule is CC(C)[C@H](NC(=O)CSc1nnc(-c2ccc(F)cc2)n1C)c1ccc2c(c1)OCCCO2. The van der Waals surface area contributed by atoms with E-state index in [1.54, 1.807) is 16.7 Å². The molecular weight excluding hydrogens is 443 g/mol. The molecule has 0 saturated heterocycles. The number of benzene rings is 2. The number of ether oxygens (including phenoxy) is 2. The van der Waals surface area contributed by atoms with E-state index in [1.807, 2.05) is 25.2 Å². The predicted octanol–water partition coefficient (Wildman–Crippen LogP) is 4.39. The number of carbonyl (C=O) groups is 1. The third-order valence-electron chi connectivity index (χ3n) is 5.38. The van der Waals surface area contributed by atoms with Gasteiger partial charge < -0.3 is 19.4 Å². The molecule has 1 amide bonds. The molecule has 1 aliphatic heterocycles. The summed E-state index contributed by atoms with van der Waals surface area (Å²) >= 11 is 1.31. The summed E-state index contributed by atoms with van der Waals surface area (Å²) < 4.78 is 26.5. The van der Waals surface area contributed by atoms with Gasteiger partial charge in [-0.25, -0.2) is 4.39 Å². The van der Waals surface area contributed by atoms with Crippen molar-refractivity contribution in [3.63, 3.8) is 0 Å². The molecule has 1 atom stereocenters. The van der Waals surface area contributed by atoms with Crippen LogP contribution < -0.4 is 14.8 Å². The molecule has 9 heteroatoms. The molecule has 0 aliphatic carbocycles. The van der Waals surface area contributed by atoms with Crippen molar-refractivity contribution in [1.82, 2.24) is 20.1 Å². The fraction of sp³-hybridized carbons (Fsp3) is 0.375. The van der Waals surface area contributed by atoms with E-state index >= 15 is 0 Å². The van der Waals surface area contributed by atoms with Crippen LogP contribution in [0.4, 0.5) is 4.39 Å². The summed E-state index contributed by atoms with van der Waals surface area (Å²) in [7, 11) is 1.83. The van der Waals surface area contributed by atoms with Crippen molar-refractivity contribution in [2.75, 3.05) is 19.0 Å². The highest BCUT2D eigenvalue weighted by molar-refractivity contribution is 7.99. The number of aromatic nitrogens is 3. The van der Waals surface area contributed by atoms with Crippen molar-refractivity contribution >= 4 is 17.7 Å². The first-order valence-electron chi connectivity index (χ1n) is 10.9. The quantitative estimate of drug-likeness (QED) is 0.516. The average molecular weight is 471 g/mol. The molecule has 2 aromatic carbocycles. The first kappa shape index (κ1) is 23.1. The highest BCUT2D eigenvalue weighted by Gasteiger charge is 2.22. The van der Waals surface area contributed by atoms with Crippen LogP contribution in [0.15, 0.2) is 47.6 Å². The molecule has 2 heterocycles. The summed E-state index contributed by atoms with van der Waals surface area (Å²) in [5, 5.41) is 12.1. The van der Waals surface area contributed by atoms with Crippen molar-refractivity contribution in [2.45, 2.75) is 31.5 Å². The van der Waals surface area contributed by atoms with E-state index < -0.39 is 0 Å². The Morgan fingerprint density at radius 1 is 1.12 bits per heavy atom. The van der Waals surface area contributed by atoms with Crippen LogP contribution >= 0.6 is 11.8 Å². The zero-order chi connectivity index (χ0) is 23.4. The van der Waals surface area contributed by atoms with Crippen LogP contribution in [0.5, 0.6) is 11.5 Å². The summed E-state index contributed by atoms with van der Waals surface area (Å²) in [4.78, 5) is 12.8. The Morgan fingerprint density at radius 3 is 2.58 bits per heavy atom. The maximum atomic E-state index is 13.2. The van der Waals surface area contributed by atoms with Gasteiger partial charge in [-0.2, -0.15) is 0 Å². The van der Waals surface area contributed by atoms with Gasteiger partial charge >= 0.3 is 0 Å². The van der Waals surface area contributed by atoms with Crippen molar-refractivity contribution in [2.24, 2.45) is 13.0 Å². The molecule has 174 valence electrons. The molecule has 0 radical (unpaired) electrons. The summed E-state index contributed by atoms with van der Waals surface area (Å²) in [6.07, 6.45) is 0.844. The summed E-state index contributed by atoms with van der Waals surface area (Å²) in [6.45, 7) is 5.39. The molecule has 0 fully saturated rings. The number of rotatable bonds is 7. The second-order valence-electron chi connectivity index (χ2n) is 8.21. The molecule has 0 spiro atoms. The van der Waals surface area contributed by atoms with Crippen molar-refractivity contribution < 1.29 is 18.7 Å². The molecular formula is C24H27FN4O3S. The third kappa shape index (κ3) is 5.47. The van der Waals surface area contributed by atoms with Crippen LogP contribution in [0.1, 0.15) is 31.9 Å². The standard InChI is InChI=1S/C24H27FN4O3S/c1-15(2)22(17-7-10-19-20(13-17)32-12-4-11-31-19)26-21(30)14-33-24-28-27-23(29(24)3)16-5-8-18(25)9-6-16/h5-10,13,15,22H,4,11-12,14H2,1-3H3,(H,26,30)/t22-/m0/s1. The van der Waals surface area contributed by atoms with E-state index in [9.17, 15) is 9.18 Å². The fourth-order valence-electron chi connectivity index (χ4n) is 3.64. The van der Waals surface area contributed by atoms with Crippen LogP contribution in [0.3, 0.4) is 0 Å². The Hall–Kier alpha value is -3.07. The van der Waals surface area contributed by atoms with Gasteiger partial charge in [-0.05, 0) is 47.9 Å². The minimum Gasteiger partial charge on any atom is -0.490 e. The maximum Gasteiger partial charge on any atom is 0.230 e. The topological polar surface area (TPSA) is 78.3 Å². The molecule has 0 unspecified atom stereocenters. The first-order chi connectivity index (χ1) is 15.9. The van der Waals surface area contributed by atoms with Gasteiger partial charge in [0.15, 0.2) is 22.5 Å². The second-order valence-corrected chi connectivity index (χ2v) is 9.15. The lowest BCUT2D eigenvalue weighted by atomic mass is 9.95. The van der Waals surface area contributed by atoms with E-state index in [1.165, 1.54) is 23.9 Å². The van der Waals surface area contributed by atoms with Gasteiger partial charge in [-0.3, -0.25) is 4.79 Å². The molecule has 1 N–H and O–H groups in total. The number of halogens is 1. The molecule has 3 aromatic rings. The number of hydrogen-bond donors (Lipinski definition) is 1. The first-order valence-corrected chi connectivity index (χ1v) is 11.9. The van der Waals surface area contributed by atoms with Gasteiger partial charge in [-0.1, -0.05) is 31.7 Å². The molecule has 4 rings (SSSR count). The minimum atomic E-state index is -0.305. The van der Waals surface area contributed by atoms with Gasteiger partial charge in [-0.15, -0.1) is 10.2 Å². The van der Waals surface area contributed by atoms with Crippen LogP contribution in [-0.2, 0) is 11.8 Å². The summed E-state index contributed by atoms with van der Waals surface area (Å²) in [5.74, 6) is 2.04. The zero-order valence-electron chi connectivity index (χ0n) is 18.9.